The number of fused-ring (bicyclic) bond motifs is 1. The van der Waals surface area contributed by atoms with Gasteiger partial charge in [-0.15, -0.1) is 5.10 Å². The predicted octanol–water partition coefficient (Wildman–Crippen LogP) is 3.61. The number of aryl methyl sites for hydroxylation is 2. The van der Waals surface area contributed by atoms with Crippen molar-refractivity contribution in [3.63, 3.8) is 0 Å². The first-order valence-electron chi connectivity index (χ1n) is 11.6. The first kappa shape index (κ1) is 22.3. The Balaban J connectivity index is 1.60. The quantitative estimate of drug-likeness (QED) is 0.473. The number of rotatable bonds is 6. The maximum absolute atomic E-state index is 6.72. The molecule has 1 saturated heterocycles. The molecule has 34 heavy (non-hydrogen) atoms. The fraction of sp³-hybridized carbons (Fsp3) is 0.346. The lowest BCUT2D eigenvalue weighted by Gasteiger charge is -2.32. The number of anilines is 1. The minimum absolute atomic E-state index is 0.0991. The number of morpholine rings is 1. The van der Waals surface area contributed by atoms with Gasteiger partial charge in [0.25, 0.3) is 0 Å². The highest BCUT2D eigenvalue weighted by atomic mass is 16.5. The number of nitrogens with one attached hydrogen (secondary N) is 1. The normalized spacial score (nSPS) is 17.0. The van der Waals surface area contributed by atoms with Gasteiger partial charge in [0.15, 0.2) is 11.9 Å². The number of hydrogen-bond acceptors (Lipinski definition) is 7. The number of aromatic nitrogens is 4. The molecule has 1 aliphatic heterocycles. The van der Waals surface area contributed by atoms with Gasteiger partial charge in [0.05, 0.1) is 23.4 Å². The van der Waals surface area contributed by atoms with Crippen LogP contribution in [0.15, 0.2) is 54.6 Å². The number of benzene rings is 2. The minimum Gasteiger partial charge on any atom is -0.481 e. The molecule has 8 heteroatoms. The third-order valence-electron chi connectivity index (χ3n) is 6.18. The Labute approximate surface area is 199 Å². The highest BCUT2D eigenvalue weighted by molar-refractivity contribution is 5.92. The van der Waals surface area contributed by atoms with Crippen LogP contribution in [0.25, 0.3) is 16.6 Å². The molecule has 1 aliphatic rings. The molecule has 0 aliphatic carbocycles. The van der Waals surface area contributed by atoms with Gasteiger partial charge in [-0.25, -0.2) is 4.68 Å². The summed E-state index contributed by atoms with van der Waals surface area (Å²) in [5, 5.41) is 18.1. The van der Waals surface area contributed by atoms with Crippen molar-refractivity contribution < 1.29 is 9.47 Å². The van der Waals surface area contributed by atoms with Crippen molar-refractivity contribution in [1.29, 1.82) is 0 Å². The molecule has 3 heterocycles. The van der Waals surface area contributed by atoms with Gasteiger partial charge < -0.3 is 19.7 Å². The zero-order valence-electron chi connectivity index (χ0n) is 20.0. The molecule has 1 unspecified atom stereocenters. The van der Waals surface area contributed by atoms with Crippen LogP contribution in [-0.4, -0.2) is 59.9 Å². The first-order valence-corrected chi connectivity index (χ1v) is 11.6. The smallest absolute Gasteiger partial charge is 0.179 e. The highest BCUT2D eigenvalue weighted by Crippen LogP contribution is 2.34. The molecule has 0 saturated carbocycles. The van der Waals surface area contributed by atoms with Crippen LogP contribution in [0.1, 0.15) is 23.1 Å². The van der Waals surface area contributed by atoms with E-state index < -0.39 is 0 Å². The Morgan fingerprint density at radius 1 is 1.06 bits per heavy atom. The van der Waals surface area contributed by atoms with E-state index in [2.05, 4.69) is 34.6 Å². The topological polar surface area (TPSA) is 77.3 Å². The van der Waals surface area contributed by atoms with Gasteiger partial charge in [-0.1, -0.05) is 42.5 Å². The van der Waals surface area contributed by atoms with Crippen molar-refractivity contribution in [2.75, 3.05) is 38.7 Å². The van der Waals surface area contributed by atoms with E-state index in [4.69, 9.17) is 14.6 Å². The maximum atomic E-state index is 6.72. The molecule has 1 fully saturated rings. The van der Waals surface area contributed by atoms with Gasteiger partial charge in [-0.2, -0.15) is 10.2 Å². The summed E-state index contributed by atoms with van der Waals surface area (Å²) in [6.45, 7) is 6.27. The van der Waals surface area contributed by atoms with Crippen molar-refractivity contribution in [3.05, 3.63) is 71.5 Å². The lowest BCUT2D eigenvalue weighted by Crippen LogP contribution is -2.43. The molecule has 0 spiro atoms. The monoisotopic (exact) mass is 458 g/mol. The molecule has 8 nitrogen and oxygen atoms in total. The second-order valence-corrected chi connectivity index (χ2v) is 8.75. The van der Waals surface area contributed by atoms with Gasteiger partial charge in [-0.3, -0.25) is 0 Å². The fourth-order valence-corrected chi connectivity index (χ4v) is 4.50. The Bertz CT molecular complexity index is 1280. The average molecular weight is 459 g/mol. The first-order chi connectivity index (χ1) is 16.5. The molecule has 2 aromatic heterocycles. The van der Waals surface area contributed by atoms with E-state index in [-0.39, 0.29) is 12.2 Å². The summed E-state index contributed by atoms with van der Waals surface area (Å²) in [4.78, 5) is 1.94. The molecule has 4 aromatic rings. The number of ether oxygens (including phenoxy) is 2. The van der Waals surface area contributed by atoms with E-state index in [1.165, 1.54) is 0 Å². The lowest BCUT2D eigenvalue weighted by molar-refractivity contribution is -0.0432. The average Bonchev–Trinajstić information content (AvgIpc) is 3.21. The van der Waals surface area contributed by atoms with Crippen LogP contribution >= 0.6 is 0 Å². The second-order valence-electron chi connectivity index (χ2n) is 8.75. The fourth-order valence-electron chi connectivity index (χ4n) is 4.50. The van der Waals surface area contributed by atoms with Crippen LogP contribution in [0, 0.1) is 13.8 Å². The largest absolute Gasteiger partial charge is 0.481 e. The molecule has 5 rings (SSSR count). The summed E-state index contributed by atoms with van der Waals surface area (Å²) >= 11 is 0. The van der Waals surface area contributed by atoms with Gasteiger partial charge in [0.2, 0.25) is 0 Å². The van der Waals surface area contributed by atoms with Crippen LogP contribution in [0.4, 0.5) is 5.82 Å². The number of para-hydroxylation sites is 2. The van der Waals surface area contributed by atoms with Crippen molar-refractivity contribution in [2.45, 2.75) is 26.1 Å². The van der Waals surface area contributed by atoms with E-state index in [1.54, 1.807) is 0 Å². The van der Waals surface area contributed by atoms with Crippen LogP contribution in [0.2, 0.25) is 0 Å². The Kier molecular flexibility index (Phi) is 6.17. The number of hydrogen-bond donors (Lipinski definition) is 1. The zero-order valence-corrected chi connectivity index (χ0v) is 20.0. The molecule has 0 amide bonds. The summed E-state index contributed by atoms with van der Waals surface area (Å²) in [5.74, 6) is 1.48. The molecular weight excluding hydrogens is 428 g/mol. The highest BCUT2D eigenvalue weighted by Gasteiger charge is 2.29. The van der Waals surface area contributed by atoms with Crippen molar-refractivity contribution in [1.82, 2.24) is 25.3 Å². The SMILES string of the molecule is Cc1nnc(N(C)C)c2nn(-c3ccccc3OC(c3ccccc3)[C@@H]3CNCCO3)c(C)c12. The molecule has 1 N–H and O–H groups in total. The van der Waals surface area contributed by atoms with Crippen molar-refractivity contribution in [2.24, 2.45) is 0 Å². The van der Waals surface area contributed by atoms with E-state index in [9.17, 15) is 0 Å². The predicted molar refractivity (Wildman–Crippen MR) is 133 cm³/mol. The van der Waals surface area contributed by atoms with E-state index in [0.717, 1.165) is 58.2 Å². The van der Waals surface area contributed by atoms with Crippen LogP contribution in [-0.2, 0) is 4.74 Å². The third kappa shape index (κ3) is 4.10. The van der Waals surface area contributed by atoms with E-state index in [1.807, 2.05) is 73.1 Å². The summed E-state index contributed by atoms with van der Waals surface area (Å²) < 4.78 is 14.8. The zero-order chi connectivity index (χ0) is 23.7. The lowest BCUT2D eigenvalue weighted by atomic mass is 10.0. The Hall–Kier alpha value is -3.49. The van der Waals surface area contributed by atoms with Crippen LogP contribution in [0.3, 0.4) is 0 Å². The number of nitrogens with zero attached hydrogens (tertiary/aromatic N) is 5. The van der Waals surface area contributed by atoms with Crippen molar-refractivity contribution >= 4 is 16.7 Å². The Morgan fingerprint density at radius 3 is 2.56 bits per heavy atom. The molecule has 2 aromatic carbocycles. The molecular formula is C26H30N6O2. The summed E-state index contributed by atoms with van der Waals surface area (Å²) in [6, 6.07) is 18.3. The standard InChI is InChI=1S/C26H30N6O2/c1-17-23-18(2)32(30-24(23)26(29-28-17)31(3)4)20-12-8-9-13-21(20)34-25(19-10-6-5-7-11-19)22-16-27-14-15-33-22/h5-13,22,25,27H,14-16H2,1-4H3/t22-,25?/m0/s1. The van der Waals surface area contributed by atoms with Gasteiger partial charge in [0.1, 0.15) is 23.1 Å². The van der Waals surface area contributed by atoms with Crippen LogP contribution in [0.5, 0.6) is 5.75 Å². The summed E-state index contributed by atoms with van der Waals surface area (Å²) in [7, 11) is 3.90. The van der Waals surface area contributed by atoms with E-state index >= 15 is 0 Å². The maximum Gasteiger partial charge on any atom is 0.179 e. The van der Waals surface area contributed by atoms with Gasteiger partial charge in [-0.05, 0) is 31.5 Å². The summed E-state index contributed by atoms with van der Waals surface area (Å²) in [6.07, 6.45) is -0.360. The van der Waals surface area contributed by atoms with Crippen LogP contribution < -0.4 is 15.0 Å². The third-order valence-corrected chi connectivity index (χ3v) is 6.18. The van der Waals surface area contributed by atoms with Gasteiger partial charge >= 0.3 is 0 Å². The molecule has 2 atom stereocenters. The summed E-state index contributed by atoms with van der Waals surface area (Å²) in [5.41, 5.74) is 4.61. The van der Waals surface area contributed by atoms with Gasteiger partial charge in [0, 0.05) is 27.2 Å². The molecule has 0 bridgehead atoms. The molecule has 0 radical (unpaired) electrons. The second kappa shape index (κ2) is 9.40. The molecule has 176 valence electrons. The Morgan fingerprint density at radius 2 is 1.82 bits per heavy atom. The minimum atomic E-state index is -0.261. The van der Waals surface area contributed by atoms with Crippen molar-refractivity contribution in [3.8, 4) is 11.4 Å². The van der Waals surface area contributed by atoms with E-state index in [0.29, 0.717) is 6.61 Å².